The van der Waals surface area contributed by atoms with Crippen molar-refractivity contribution in [3.8, 4) is 5.75 Å². The molecule has 21 heavy (non-hydrogen) atoms. The molecule has 0 saturated heterocycles. The molecule has 1 aromatic carbocycles. The molecule has 2 rings (SSSR count). The number of carbonyl (C=O) groups is 2. The van der Waals surface area contributed by atoms with Crippen molar-refractivity contribution >= 4 is 22.6 Å². The lowest BCUT2D eigenvalue weighted by molar-refractivity contribution is -0.116. The molecule has 2 aromatic rings. The second kappa shape index (κ2) is 5.35. The minimum absolute atomic E-state index is 0.167. The van der Waals surface area contributed by atoms with Gasteiger partial charge in [-0.25, -0.2) is 4.39 Å². The summed E-state index contributed by atoms with van der Waals surface area (Å²) in [6, 6.07) is 3.96. The largest absolute Gasteiger partial charge is 0.506 e. The number of fused-ring (bicyclic) bond motifs is 1. The summed E-state index contributed by atoms with van der Waals surface area (Å²) in [7, 11) is 1.37. The summed E-state index contributed by atoms with van der Waals surface area (Å²) in [4.78, 5) is 34.9. The Labute approximate surface area is 118 Å². The van der Waals surface area contributed by atoms with Crippen LogP contribution in [0.3, 0.4) is 0 Å². The number of pyridine rings is 1. The first-order valence-electron chi connectivity index (χ1n) is 6.12. The average molecular weight is 292 g/mol. The quantitative estimate of drug-likeness (QED) is 0.871. The van der Waals surface area contributed by atoms with Crippen LogP contribution in [0.2, 0.25) is 0 Å². The van der Waals surface area contributed by atoms with Crippen LogP contribution in [0, 0.1) is 5.82 Å². The van der Waals surface area contributed by atoms with Crippen molar-refractivity contribution in [1.29, 1.82) is 0 Å². The number of carbonyl (C=O) groups excluding carboxylic acids is 2. The van der Waals surface area contributed by atoms with Crippen molar-refractivity contribution in [1.82, 2.24) is 9.88 Å². The summed E-state index contributed by atoms with van der Waals surface area (Å²) in [5, 5.41) is 12.1. The molecule has 1 heterocycles. The fourth-order valence-corrected chi connectivity index (χ4v) is 2.03. The third-order valence-electron chi connectivity index (χ3n) is 3.07. The Morgan fingerprint density at radius 2 is 2.05 bits per heavy atom. The molecule has 0 radical (unpaired) electrons. The zero-order valence-electron chi connectivity index (χ0n) is 11.4. The van der Waals surface area contributed by atoms with E-state index in [1.165, 1.54) is 26.1 Å². The van der Waals surface area contributed by atoms with Crippen molar-refractivity contribution in [3.05, 3.63) is 39.9 Å². The highest BCUT2D eigenvalue weighted by Gasteiger charge is 2.22. The summed E-state index contributed by atoms with van der Waals surface area (Å²) >= 11 is 0. The molecule has 0 atom stereocenters. The molecule has 0 saturated carbocycles. The van der Waals surface area contributed by atoms with Gasteiger partial charge in [0.15, 0.2) is 0 Å². The summed E-state index contributed by atoms with van der Waals surface area (Å²) in [5.41, 5.74) is -1.19. The molecule has 0 bridgehead atoms. The van der Waals surface area contributed by atoms with Gasteiger partial charge in [0, 0.05) is 7.05 Å². The van der Waals surface area contributed by atoms with E-state index in [4.69, 9.17) is 0 Å². The first kappa shape index (κ1) is 14.7. The highest BCUT2D eigenvalue weighted by molar-refractivity contribution is 6.03. The number of hydrogen-bond acceptors (Lipinski definition) is 4. The van der Waals surface area contributed by atoms with E-state index in [9.17, 15) is 23.9 Å². The molecule has 110 valence electrons. The van der Waals surface area contributed by atoms with Crippen molar-refractivity contribution in [3.63, 3.8) is 0 Å². The standard InChI is InChI=1S/C14H13FN2O4/c1-7(18)6-16-13(20)11-12(19)10-8(15)4-3-5-9(10)17(2)14(11)21/h3-5,19H,6H2,1-2H3,(H,16,20). The third kappa shape index (κ3) is 2.49. The van der Waals surface area contributed by atoms with Gasteiger partial charge in [-0.15, -0.1) is 0 Å². The first-order chi connectivity index (χ1) is 9.84. The van der Waals surface area contributed by atoms with Crippen molar-refractivity contribution in [2.75, 3.05) is 6.54 Å². The van der Waals surface area contributed by atoms with Gasteiger partial charge in [-0.2, -0.15) is 0 Å². The molecule has 0 aliphatic rings. The smallest absolute Gasteiger partial charge is 0.267 e. The van der Waals surface area contributed by atoms with Crippen LogP contribution >= 0.6 is 0 Å². The Kier molecular flexibility index (Phi) is 3.75. The average Bonchev–Trinajstić information content (AvgIpc) is 2.42. The molecule has 1 amide bonds. The Hall–Kier alpha value is -2.70. The number of hydrogen-bond donors (Lipinski definition) is 2. The highest BCUT2D eigenvalue weighted by Crippen LogP contribution is 2.28. The molecule has 1 aromatic heterocycles. The van der Waals surface area contributed by atoms with Crippen LogP contribution in [-0.2, 0) is 11.8 Å². The molecule has 0 unspecified atom stereocenters. The van der Waals surface area contributed by atoms with Gasteiger partial charge in [-0.05, 0) is 19.1 Å². The second-order valence-electron chi connectivity index (χ2n) is 4.61. The Morgan fingerprint density at radius 3 is 2.67 bits per heavy atom. The molecule has 7 heteroatoms. The van der Waals surface area contributed by atoms with Crippen molar-refractivity contribution in [2.24, 2.45) is 7.05 Å². The first-order valence-corrected chi connectivity index (χ1v) is 6.12. The maximum Gasteiger partial charge on any atom is 0.267 e. The van der Waals surface area contributed by atoms with Gasteiger partial charge >= 0.3 is 0 Å². The van der Waals surface area contributed by atoms with Crippen LogP contribution in [0.25, 0.3) is 10.9 Å². The van der Waals surface area contributed by atoms with E-state index < -0.39 is 28.6 Å². The maximum atomic E-state index is 13.9. The number of Topliss-reactive ketones (excluding diaryl/α,β-unsaturated/α-hetero) is 1. The van der Waals surface area contributed by atoms with Crippen LogP contribution in [-0.4, -0.2) is 27.9 Å². The Bertz CT molecular complexity index is 811. The number of nitrogens with one attached hydrogen (secondary N) is 1. The molecule has 0 aliphatic carbocycles. The van der Waals surface area contributed by atoms with Gasteiger partial charge in [-0.3, -0.25) is 14.4 Å². The lowest BCUT2D eigenvalue weighted by atomic mass is 10.1. The second-order valence-corrected chi connectivity index (χ2v) is 4.61. The van der Waals surface area contributed by atoms with Crippen LogP contribution in [0.15, 0.2) is 23.0 Å². The van der Waals surface area contributed by atoms with Gasteiger partial charge in [0.25, 0.3) is 11.5 Å². The van der Waals surface area contributed by atoms with Crippen LogP contribution in [0.4, 0.5) is 4.39 Å². The van der Waals surface area contributed by atoms with E-state index in [0.29, 0.717) is 0 Å². The van der Waals surface area contributed by atoms with E-state index in [1.807, 2.05) is 0 Å². The zero-order chi connectivity index (χ0) is 15.7. The van der Waals surface area contributed by atoms with Crippen LogP contribution in [0.1, 0.15) is 17.3 Å². The van der Waals surface area contributed by atoms with Crippen LogP contribution < -0.4 is 10.9 Å². The Morgan fingerprint density at radius 1 is 1.38 bits per heavy atom. The van der Waals surface area contributed by atoms with Gasteiger partial charge < -0.3 is 15.0 Å². The van der Waals surface area contributed by atoms with E-state index in [0.717, 1.165) is 10.6 Å². The van der Waals surface area contributed by atoms with E-state index in [2.05, 4.69) is 5.32 Å². The summed E-state index contributed by atoms with van der Waals surface area (Å²) in [6.45, 7) is 0.981. The highest BCUT2D eigenvalue weighted by atomic mass is 19.1. The fraction of sp³-hybridized carbons (Fsp3) is 0.214. The number of benzene rings is 1. The maximum absolute atomic E-state index is 13.9. The van der Waals surface area contributed by atoms with Gasteiger partial charge in [0.05, 0.1) is 17.4 Å². The molecule has 2 N–H and O–H groups in total. The van der Waals surface area contributed by atoms with Gasteiger partial charge in [0.2, 0.25) is 0 Å². The number of rotatable bonds is 3. The fourth-order valence-electron chi connectivity index (χ4n) is 2.03. The number of aromatic hydroxyl groups is 1. The predicted octanol–water partition coefficient (Wildman–Crippen LogP) is 0.702. The normalized spacial score (nSPS) is 10.6. The topological polar surface area (TPSA) is 88.4 Å². The predicted molar refractivity (Wildman–Crippen MR) is 73.8 cm³/mol. The van der Waals surface area contributed by atoms with Gasteiger partial charge in [-0.1, -0.05) is 6.07 Å². The molecule has 0 fully saturated rings. The van der Waals surface area contributed by atoms with E-state index >= 15 is 0 Å². The van der Waals surface area contributed by atoms with Gasteiger partial charge in [0.1, 0.15) is 22.9 Å². The van der Waals surface area contributed by atoms with Crippen molar-refractivity contribution in [2.45, 2.75) is 6.92 Å². The Balaban J connectivity index is 2.70. The molecular formula is C14H13FN2O4. The molecule has 0 spiro atoms. The minimum atomic E-state index is -0.923. The summed E-state index contributed by atoms with van der Waals surface area (Å²) in [6.07, 6.45) is 0. The number of ketones is 1. The SMILES string of the molecule is CC(=O)CNC(=O)c1c(O)c2c(F)cccc2n(C)c1=O. The zero-order valence-corrected chi connectivity index (χ0v) is 11.4. The lowest BCUT2D eigenvalue weighted by Gasteiger charge is -2.12. The lowest BCUT2D eigenvalue weighted by Crippen LogP contribution is -2.34. The summed E-state index contributed by atoms with van der Waals surface area (Å²) in [5.74, 6) is -2.71. The van der Waals surface area contributed by atoms with Crippen LogP contribution in [0.5, 0.6) is 5.75 Å². The van der Waals surface area contributed by atoms with E-state index in [-0.39, 0.29) is 23.2 Å². The molecule has 0 aliphatic heterocycles. The third-order valence-corrected chi connectivity index (χ3v) is 3.07. The molecular weight excluding hydrogens is 279 g/mol. The number of halogens is 1. The monoisotopic (exact) mass is 292 g/mol. The minimum Gasteiger partial charge on any atom is -0.506 e. The number of aryl methyl sites for hydroxylation is 1. The molecule has 6 nitrogen and oxygen atoms in total. The number of amides is 1. The summed E-state index contributed by atoms with van der Waals surface area (Å²) < 4.78 is 14.9. The van der Waals surface area contributed by atoms with Crippen molar-refractivity contribution < 1.29 is 19.1 Å². The number of nitrogens with zero attached hydrogens (tertiary/aromatic N) is 1. The van der Waals surface area contributed by atoms with E-state index in [1.54, 1.807) is 0 Å². The number of aromatic nitrogens is 1.